The van der Waals surface area contributed by atoms with Gasteiger partial charge in [0.1, 0.15) is 11.5 Å². The first-order valence-electron chi connectivity index (χ1n) is 8.99. The Hall–Kier alpha value is -2.75. The lowest BCUT2D eigenvalue weighted by Gasteiger charge is -2.35. The molecule has 4 heteroatoms. The van der Waals surface area contributed by atoms with Crippen molar-refractivity contribution in [3.63, 3.8) is 0 Å². The van der Waals surface area contributed by atoms with E-state index >= 15 is 0 Å². The molecule has 2 atom stereocenters. The van der Waals surface area contributed by atoms with E-state index in [0.29, 0.717) is 6.42 Å². The van der Waals surface area contributed by atoms with E-state index in [1.165, 1.54) is 0 Å². The Bertz CT molecular complexity index is 868. The Kier molecular flexibility index (Phi) is 3.98. The number of allylic oxidation sites excluding steroid dienone is 1. The molecule has 134 valence electrons. The van der Waals surface area contributed by atoms with E-state index in [9.17, 15) is 4.79 Å². The van der Waals surface area contributed by atoms with Crippen LogP contribution in [0.4, 0.5) is 11.4 Å². The zero-order chi connectivity index (χ0) is 18.3. The van der Waals surface area contributed by atoms with Crippen molar-refractivity contribution in [1.29, 1.82) is 0 Å². The Labute approximate surface area is 154 Å². The van der Waals surface area contributed by atoms with E-state index in [0.717, 1.165) is 28.4 Å². The van der Waals surface area contributed by atoms with Gasteiger partial charge in [0.05, 0.1) is 30.4 Å². The van der Waals surface area contributed by atoms with Gasteiger partial charge in [-0.2, -0.15) is 0 Å². The van der Waals surface area contributed by atoms with Crippen molar-refractivity contribution in [2.24, 2.45) is 11.3 Å². The van der Waals surface area contributed by atoms with E-state index in [2.05, 4.69) is 30.6 Å². The van der Waals surface area contributed by atoms with Crippen molar-refractivity contribution in [3.05, 3.63) is 65.9 Å². The third-order valence-electron chi connectivity index (χ3n) is 5.18. The van der Waals surface area contributed by atoms with Crippen LogP contribution in [0.1, 0.15) is 31.9 Å². The lowest BCUT2D eigenvalue weighted by molar-refractivity contribution is -0.124. The molecule has 26 heavy (non-hydrogen) atoms. The number of rotatable bonds is 2. The summed E-state index contributed by atoms with van der Waals surface area (Å²) in [7, 11) is 1.66. The zero-order valence-electron chi connectivity index (χ0n) is 15.4. The molecule has 0 radical (unpaired) electrons. The molecule has 0 bridgehead atoms. The number of fused-ring (bicyclic) bond motifs is 2. The fourth-order valence-corrected chi connectivity index (χ4v) is 3.98. The minimum atomic E-state index is -0.233. The molecule has 2 unspecified atom stereocenters. The van der Waals surface area contributed by atoms with Crippen LogP contribution in [0.2, 0.25) is 0 Å². The van der Waals surface area contributed by atoms with E-state index in [1.807, 2.05) is 48.5 Å². The van der Waals surface area contributed by atoms with Gasteiger partial charge in [-0.3, -0.25) is 4.79 Å². The predicted octanol–water partition coefficient (Wildman–Crippen LogP) is 4.77. The van der Waals surface area contributed by atoms with Crippen molar-refractivity contribution < 1.29 is 9.53 Å². The summed E-state index contributed by atoms with van der Waals surface area (Å²) in [6, 6.07) is 16.0. The maximum Gasteiger partial charge on any atom is 0.145 e. The topological polar surface area (TPSA) is 50.4 Å². The number of hydrogen-bond acceptors (Lipinski definition) is 4. The van der Waals surface area contributed by atoms with Crippen LogP contribution in [0.5, 0.6) is 5.75 Å². The number of carbonyl (C=O) groups is 1. The monoisotopic (exact) mass is 348 g/mol. The second-order valence-corrected chi connectivity index (χ2v) is 7.77. The van der Waals surface area contributed by atoms with Crippen molar-refractivity contribution in [2.45, 2.75) is 26.3 Å². The summed E-state index contributed by atoms with van der Waals surface area (Å²) >= 11 is 0. The van der Waals surface area contributed by atoms with Crippen molar-refractivity contribution >= 4 is 17.2 Å². The number of methoxy groups -OCH3 is 1. The molecule has 2 aromatic rings. The van der Waals surface area contributed by atoms with Crippen LogP contribution in [0.15, 0.2) is 60.3 Å². The summed E-state index contributed by atoms with van der Waals surface area (Å²) < 4.78 is 5.28. The van der Waals surface area contributed by atoms with Gasteiger partial charge in [-0.25, -0.2) is 0 Å². The van der Waals surface area contributed by atoms with Gasteiger partial charge >= 0.3 is 0 Å². The van der Waals surface area contributed by atoms with Gasteiger partial charge in [0.25, 0.3) is 0 Å². The second-order valence-electron chi connectivity index (χ2n) is 7.77. The Morgan fingerprint density at radius 2 is 1.73 bits per heavy atom. The SMILES string of the molecule is COc1ccc(C2Nc3ccccc3NC3=CC(C)(C)CC(=O)C32)cc1. The van der Waals surface area contributed by atoms with E-state index in [1.54, 1.807) is 7.11 Å². The minimum Gasteiger partial charge on any atom is -0.497 e. The highest BCUT2D eigenvalue weighted by atomic mass is 16.5. The summed E-state index contributed by atoms with van der Waals surface area (Å²) in [4.78, 5) is 13.1. The number of ketones is 1. The first-order chi connectivity index (χ1) is 12.5. The summed E-state index contributed by atoms with van der Waals surface area (Å²) in [6.45, 7) is 4.23. The summed E-state index contributed by atoms with van der Waals surface area (Å²) in [6.07, 6.45) is 2.77. The maximum atomic E-state index is 13.1. The highest BCUT2D eigenvalue weighted by Gasteiger charge is 2.41. The van der Waals surface area contributed by atoms with Crippen LogP contribution in [0.3, 0.4) is 0 Å². The van der Waals surface area contributed by atoms with Crippen LogP contribution in [-0.4, -0.2) is 12.9 Å². The van der Waals surface area contributed by atoms with Crippen molar-refractivity contribution in [3.8, 4) is 5.75 Å². The number of benzene rings is 2. The molecule has 4 rings (SSSR count). The van der Waals surface area contributed by atoms with Gasteiger partial charge in [0.15, 0.2) is 0 Å². The molecule has 0 aromatic heterocycles. The van der Waals surface area contributed by atoms with Crippen molar-refractivity contribution in [1.82, 2.24) is 0 Å². The molecule has 1 heterocycles. The van der Waals surface area contributed by atoms with Crippen LogP contribution in [-0.2, 0) is 4.79 Å². The summed E-state index contributed by atoms with van der Waals surface area (Å²) in [5, 5.41) is 7.13. The first-order valence-corrected chi connectivity index (χ1v) is 8.99. The molecule has 0 fully saturated rings. The third-order valence-corrected chi connectivity index (χ3v) is 5.18. The van der Waals surface area contributed by atoms with Gasteiger partial charge < -0.3 is 15.4 Å². The number of hydrogen-bond donors (Lipinski definition) is 2. The number of anilines is 2. The smallest absolute Gasteiger partial charge is 0.145 e. The Morgan fingerprint density at radius 3 is 2.42 bits per heavy atom. The van der Waals surface area contributed by atoms with Gasteiger partial charge in [-0.05, 0) is 35.2 Å². The van der Waals surface area contributed by atoms with Crippen LogP contribution in [0, 0.1) is 11.3 Å². The second kappa shape index (κ2) is 6.20. The number of para-hydroxylation sites is 2. The Balaban J connectivity index is 1.84. The molecule has 1 aliphatic heterocycles. The molecule has 2 aliphatic rings. The Morgan fingerprint density at radius 1 is 1.04 bits per heavy atom. The van der Waals surface area contributed by atoms with Crippen molar-refractivity contribution in [2.75, 3.05) is 17.7 Å². The molecule has 0 saturated heterocycles. The number of ether oxygens (including phenoxy) is 1. The summed E-state index contributed by atoms with van der Waals surface area (Å²) in [5.74, 6) is 0.845. The summed E-state index contributed by atoms with van der Waals surface area (Å²) in [5.41, 5.74) is 3.94. The van der Waals surface area contributed by atoms with E-state index < -0.39 is 0 Å². The maximum absolute atomic E-state index is 13.1. The van der Waals surface area contributed by atoms with Crippen LogP contribution >= 0.6 is 0 Å². The fourth-order valence-electron chi connectivity index (χ4n) is 3.98. The normalized spacial score (nSPS) is 23.5. The molecular formula is C22H24N2O2. The lowest BCUT2D eigenvalue weighted by atomic mass is 9.72. The molecule has 0 amide bonds. The predicted molar refractivity (Wildman–Crippen MR) is 104 cm³/mol. The average Bonchev–Trinajstić information content (AvgIpc) is 2.77. The van der Waals surface area contributed by atoms with Crippen LogP contribution in [0.25, 0.3) is 0 Å². The number of carbonyl (C=O) groups excluding carboxylic acids is 1. The third kappa shape index (κ3) is 2.96. The zero-order valence-corrected chi connectivity index (χ0v) is 15.4. The molecule has 2 aromatic carbocycles. The molecule has 1 aliphatic carbocycles. The number of Topliss-reactive ketones (excluding diaryl/α,β-unsaturated/α-hetero) is 1. The highest BCUT2D eigenvalue weighted by molar-refractivity contribution is 5.90. The molecule has 0 spiro atoms. The van der Waals surface area contributed by atoms with E-state index in [4.69, 9.17) is 4.74 Å². The minimum absolute atomic E-state index is 0.119. The molecule has 2 N–H and O–H groups in total. The quantitative estimate of drug-likeness (QED) is 0.820. The van der Waals surface area contributed by atoms with Crippen LogP contribution < -0.4 is 15.4 Å². The highest BCUT2D eigenvalue weighted by Crippen LogP contribution is 2.45. The van der Waals surface area contributed by atoms with Gasteiger partial charge in [0, 0.05) is 12.1 Å². The first kappa shape index (κ1) is 16.7. The van der Waals surface area contributed by atoms with Gasteiger partial charge in [-0.1, -0.05) is 44.2 Å². The molecule has 0 saturated carbocycles. The van der Waals surface area contributed by atoms with Gasteiger partial charge in [-0.15, -0.1) is 0 Å². The standard InChI is InChI=1S/C22H24N2O2/c1-22(2)12-18-20(19(25)13-22)21(14-8-10-15(26-3)11-9-14)24-17-7-5-4-6-16(17)23-18/h4-12,20-21,23-24H,13H2,1-3H3. The fraction of sp³-hybridized carbons (Fsp3) is 0.318. The largest absolute Gasteiger partial charge is 0.497 e. The number of nitrogens with one attached hydrogen (secondary N) is 2. The van der Waals surface area contributed by atoms with E-state index in [-0.39, 0.29) is 23.2 Å². The molecule has 4 nitrogen and oxygen atoms in total. The van der Waals surface area contributed by atoms with Gasteiger partial charge in [0.2, 0.25) is 0 Å². The lowest BCUT2D eigenvalue weighted by Crippen LogP contribution is -2.36. The average molecular weight is 348 g/mol. The molecular weight excluding hydrogens is 324 g/mol.